The molecule has 27 heavy (non-hydrogen) atoms. The highest BCUT2D eigenvalue weighted by molar-refractivity contribution is 5.68. The number of H-pyrrole nitrogens is 1. The van der Waals surface area contributed by atoms with Gasteiger partial charge in [-0.2, -0.15) is 10.1 Å². The fraction of sp³-hybridized carbons (Fsp3) is 0.278. The third-order valence-electron chi connectivity index (χ3n) is 4.45. The Morgan fingerprint density at radius 2 is 1.89 bits per heavy atom. The summed E-state index contributed by atoms with van der Waals surface area (Å²) >= 11 is 0. The van der Waals surface area contributed by atoms with Gasteiger partial charge >= 0.3 is 0 Å². The molecule has 0 saturated carbocycles. The van der Waals surface area contributed by atoms with Crippen molar-refractivity contribution in [1.29, 1.82) is 0 Å². The number of fused-ring (bicyclic) bond motifs is 1. The highest BCUT2D eigenvalue weighted by atomic mass is 16.7. The number of anilines is 3. The molecule has 0 unspecified atom stereocenters. The van der Waals surface area contributed by atoms with Crippen LogP contribution in [0.4, 0.5) is 17.6 Å². The molecule has 0 radical (unpaired) electrons. The lowest BCUT2D eigenvalue weighted by molar-refractivity contribution is 0.122. The van der Waals surface area contributed by atoms with Crippen LogP contribution in [0.25, 0.3) is 11.3 Å². The Morgan fingerprint density at radius 1 is 1.00 bits per heavy atom. The van der Waals surface area contributed by atoms with Gasteiger partial charge in [0.05, 0.1) is 18.9 Å². The highest BCUT2D eigenvalue weighted by Crippen LogP contribution is 2.35. The Bertz CT molecular complexity index is 954. The Hall–Kier alpha value is -3.33. The summed E-state index contributed by atoms with van der Waals surface area (Å²) in [6.07, 6.45) is 1.74. The largest absolute Gasteiger partial charge is 0.454 e. The summed E-state index contributed by atoms with van der Waals surface area (Å²) in [6.45, 7) is 3.23. The van der Waals surface area contributed by atoms with E-state index in [4.69, 9.17) is 14.2 Å². The molecule has 5 rings (SSSR count). The third kappa shape index (κ3) is 3.24. The van der Waals surface area contributed by atoms with Gasteiger partial charge in [0.2, 0.25) is 12.7 Å². The SMILES string of the molecule is c1cc(Nc2cc(-c3ccc4c(c3)OCO4)[nH]n2)nc(N2CCOCC2)n1. The van der Waals surface area contributed by atoms with E-state index in [1.54, 1.807) is 6.20 Å². The van der Waals surface area contributed by atoms with Gasteiger partial charge in [-0.3, -0.25) is 5.10 Å². The zero-order chi connectivity index (χ0) is 18.1. The van der Waals surface area contributed by atoms with Crippen LogP contribution in [0.1, 0.15) is 0 Å². The number of aromatic nitrogens is 4. The van der Waals surface area contributed by atoms with Crippen LogP contribution < -0.4 is 19.7 Å². The second kappa shape index (κ2) is 6.76. The molecule has 1 aromatic carbocycles. The fourth-order valence-corrected chi connectivity index (χ4v) is 3.06. The molecular formula is C18H18N6O3. The predicted octanol–water partition coefficient (Wildman–Crippen LogP) is 2.18. The summed E-state index contributed by atoms with van der Waals surface area (Å²) in [4.78, 5) is 11.0. The quantitative estimate of drug-likeness (QED) is 0.725. The zero-order valence-corrected chi connectivity index (χ0v) is 14.5. The minimum Gasteiger partial charge on any atom is -0.454 e. The molecule has 2 aliphatic heterocycles. The summed E-state index contributed by atoms with van der Waals surface area (Å²) < 4.78 is 16.2. The number of rotatable bonds is 4. The standard InChI is InChI=1S/C18H18N6O3/c1-2-14-15(27-11-26-14)9-12(1)13-10-17(23-22-13)20-16-3-4-19-18(21-16)24-5-7-25-8-6-24/h1-4,9-10H,5-8,11H2,(H2,19,20,21,22,23). The van der Waals surface area contributed by atoms with Gasteiger partial charge in [0.1, 0.15) is 5.82 Å². The van der Waals surface area contributed by atoms with E-state index in [0.717, 1.165) is 35.8 Å². The lowest BCUT2D eigenvalue weighted by Crippen LogP contribution is -2.37. The molecule has 2 N–H and O–H groups in total. The van der Waals surface area contributed by atoms with Crippen LogP contribution in [-0.4, -0.2) is 53.3 Å². The van der Waals surface area contributed by atoms with Gasteiger partial charge in [0.25, 0.3) is 0 Å². The summed E-state index contributed by atoms with van der Waals surface area (Å²) in [5.74, 6) is 3.55. The first-order valence-corrected chi connectivity index (χ1v) is 8.73. The molecule has 138 valence electrons. The van der Waals surface area contributed by atoms with Crippen LogP contribution in [0.15, 0.2) is 36.5 Å². The maximum Gasteiger partial charge on any atom is 0.231 e. The normalized spacial score (nSPS) is 15.8. The zero-order valence-electron chi connectivity index (χ0n) is 14.5. The number of ether oxygens (including phenoxy) is 3. The van der Waals surface area contributed by atoms with E-state index in [1.807, 2.05) is 30.3 Å². The first-order chi connectivity index (χ1) is 13.3. The van der Waals surface area contributed by atoms with Gasteiger partial charge in [-0.05, 0) is 24.3 Å². The monoisotopic (exact) mass is 366 g/mol. The summed E-state index contributed by atoms with van der Waals surface area (Å²) in [5, 5.41) is 10.6. The second-order valence-corrected chi connectivity index (χ2v) is 6.20. The van der Waals surface area contributed by atoms with Crippen LogP contribution in [0.3, 0.4) is 0 Å². The van der Waals surface area contributed by atoms with Gasteiger partial charge in [-0.1, -0.05) is 0 Å². The van der Waals surface area contributed by atoms with Crippen molar-refractivity contribution in [1.82, 2.24) is 20.2 Å². The van der Waals surface area contributed by atoms with Crippen LogP contribution >= 0.6 is 0 Å². The predicted molar refractivity (Wildman–Crippen MR) is 98.5 cm³/mol. The van der Waals surface area contributed by atoms with Gasteiger partial charge in [0.15, 0.2) is 17.3 Å². The lowest BCUT2D eigenvalue weighted by Gasteiger charge is -2.26. The first-order valence-electron chi connectivity index (χ1n) is 8.73. The molecule has 3 aromatic rings. The fourth-order valence-electron chi connectivity index (χ4n) is 3.06. The van der Waals surface area contributed by atoms with E-state index in [9.17, 15) is 0 Å². The van der Waals surface area contributed by atoms with Crippen molar-refractivity contribution in [2.75, 3.05) is 43.3 Å². The minimum absolute atomic E-state index is 0.258. The third-order valence-corrected chi connectivity index (χ3v) is 4.45. The minimum atomic E-state index is 0.258. The number of aromatic amines is 1. The Labute approximate surface area is 155 Å². The number of morpholine rings is 1. The van der Waals surface area contributed by atoms with Gasteiger partial charge < -0.3 is 24.4 Å². The Kier molecular flexibility index (Phi) is 3.98. The van der Waals surface area contributed by atoms with Crippen LogP contribution in [0.5, 0.6) is 11.5 Å². The van der Waals surface area contributed by atoms with Crippen LogP contribution in [-0.2, 0) is 4.74 Å². The van der Waals surface area contributed by atoms with Crippen molar-refractivity contribution in [2.45, 2.75) is 0 Å². The van der Waals surface area contributed by atoms with Crippen molar-refractivity contribution in [2.24, 2.45) is 0 Å². The number of nitrogens with one attached hydrogen (secondary N) is 2. The highest BCUT2D eigenvalue weighted by Gasteiger charge is 2.16. The molecule has 0 amide bonds. The maximum absolute atomic E-state index is 5.43. The molecular weight excluding hydrogens is 348 g/mol. The average Bonchev–Trinajstić information content (AvgIpc) is 3.37. The van der Waals surface area contributed by atoms with Crippen molar-refractivity contribution < 1.29 is 14.2 Å². The van der Waals surface area contributed by atoms with E-state index in [0.29, 0.717) is 30.8 Å². The van der Waals surface area contributed by atoms with Crippen LogP contribution in [0, 0.1) is 0 Å². The van der Waals surface area contributed by atoms with Crippen molar-refractivity contribution in [3.63, 3.8) is 0 Å². The van der Waals surface area contributed by atoms with Crippen LogP contribution in [0.2, 0.25) is 0 Å². The number of benzene rings is 1. The molecule has 2 aliphatic rings. The van der Waals surface area contributed by atoms with E-state index in [2.05, 4.69) is 30.4 Å². The molecule has 9 nitrogen and oxygen atoms in total. The average molecular weight is 366 g/mol. The molecule has 0 atom stereocenters. The second-order valence-electron chi connectivity index (χ2n) is 6.20. The Morgan fingerprint density at radius 3 is 2.81 bits per heavy atom. The Balaban J connectivity index is 1.33. The maximum atomic E-state index is 5.43. The molecule has 1 saturated heterocycles. The molecule has 4 heterocycles. The molecule has 0 bridgehead atoms. The van der Waals surface area contributed by atoms with Gasteiger partial charge in [-0.25, -0.2) is 4.98 Å². The molecule has 2 aromatic heterocycles. The van der Waals surface area contributed by atoms with E-state index in [-0.39, 0.29) is 6.79 Å². The number of hydrogen-bond acceptors (Lipinski definition) is 8. The number of nitrogens with zero attached hydrogens (tertiary/aromatic N) is 4. The lowest BCUT2D eigenvalue weighted by atomic mass is 10.1. The van der Waals surface area contributed by atoms with E-state index in [1.165, 1.54) is 0 Å². The summed E-state index contributed by atoms with van der Waals surface area (Å²) in [7, 11) is 0. The molecule has 1 fully saturated rings. The van der Waals surface area contributed by atoms with Crippen molar-refractivity contribution in [3.8, 4) is 22.8 Å². The van der Waals surface area contributed by atoms with Crippen molar-refractivity contribution in [3.05, 3.63) is 36.5 Å². The summed E-state index contributed by atoms with van der Waals surface area (Å²) in [6, 6.07) is 9.53. The van der Waals surface area contributed by atoms with Gasteiger partial charge in [-0.15, -0.1) is 0 Å². The number of hydrogen-bond donors (Lipinski definition) is 2. The van der Waals surface area contributed by atoms with E-state index >= 15 is 0 Å². The molecule has 9 heteroatoms. The molecule has 0 aliphatic carbocycles. The van der Waals surface area contributed by atoms with Gasteiger partial charge in [0, 0.05) is 30.9 Å². The first kappa shape index (κ1) is 15.9. The van der Waals surface area contributed by atoms with E-state index < -0.39 is 0 Å². The smallest absolute Gasteiger partial charge is 0.231 e. The van der Waals surface area contributed by atoms with Crippen molar-refractivity contribution >= 4 is 17.6 Å². The molecule has 0 spiro atoms. The summed E-state index contributed by atoms with van der Waals surface area (Å²) in [5.41, 5.74) is 1.84. The topological polar surface area (TPSA) is 97.4 Å².